The summed E-state index contributed by atoms with van der Waals surface area (Å²) in [5.41, 5.74) is 1.57. The highest BCUT2D eigenvalue weighted by atomic mass is 35.5. The van der Waals surface area contributed by atoms with Crippen molar-refractivity contribution in [1.82, 2.24) is 0 Å². The van der Waals surface area contributed by atoms with E-state index in [1.807, 2.05) is 0 Å². The van der Waals surface area contributed by atoms with E-state index in [-0.39, 0.29) is 17.3 Å². The molecule has 2 aromatic rings. The number of cyclic esters (lactones) is 1. The lowest BCUT2D eigenvalue weighted by molar-refractivity contribution is -0.385. The summed E-state index contributed by atoms with van der Waals surface area (Å²) < 4.78 is 5.14. The first-order chi connectivity index (χ1) is 11.5. The highest BCUT2D eigenvalue weighted by Crippen LogP contribution is 2.25. The molecule has 7 heteroatoms. The number of hydrogen-bond donors (Lipinski definition) is 0. The molecule has 0 saturated heterocycles. The molecule has 3 rings (SSSR count). The molecule has 0 aliphatic carbocycles. The third-order valence-electron chi connectivity index (χ3n) is 3.46. The van der Waals surface area contributed by atoms with Crippen LogP contribution in [0.2, 0.25) is 5.02 Å². The molecule has 0 amide bonds. The molecule has 0 fully saturated rings. The maximum Gasteiger partial charge on any atom is 0.363 e. The van der Waals surface area contributed by atoms with E-state index in [1.165, 1.54) is 12.1 Å². The van der Waals surface area contributed by atoms with Crippen molar-refractivity contribution in [1.29, 1.82) is 0 Å². The Morgan fingerprint density at radius 2 is 2.00 bits per heavy atom. The number of esters is 1. The molecule has 6 nitrogen and oxygen atoms in total. The number of rotatable bonds is 3. The van der Waals surface area contributed by atoms with Crippen LogP contribution in [-0.2, 0) is 9.53 Å². The van der Waals surface area contributed by atoms with Gasteiger partial charge in [-0.25, -0.2) is 9.79 Å². The minimum Gasteiger partial charge on any atom is -0.402 e. The van der Waals surface area contributed by atoms with Crippen LogP contribution in [0.25, 0.3) is 6.08 Å². The smallest absolute Gasteiger partial charge is 0.363 e. The summed E-state index contributed by atoms with van der Waals surface area (Å²) in [6, 6.07) is 11.5. The molecule has 24 heavy (non-hydrogen) atoms. The molecular weight excluding hydrogens is 332 g/mol. The van der Waals surface area contributed by atoms with Gasteiger partial charge in [-0.15, -0.1) is 0 Å². The molecule has 0 aromatic heterocycles. The van der Waals surface area contributed by atoms with Gasteiger partial charge in [0.1, 0.15) is 0 Å². The Labute approximate surface area is 142 Å². The first-order valence-electron chi connectivity index (χ1n) is 6.98. The Morgan fingerprint density at radius 1 is 1.25 bits per heavy atom. The molecule has 2 aromatic carbocycles. The number of aliphatic imine (C=N–C) groups is 1. The lowest BCUT2D eigenvalue weighted by Crippen LogP contribution is -2.05. The van der Waals surface area contributed by atoms with Gasteiger partial charge in [-0.3, -0.25) is 10.1 Å². The Morgan fingerprint density at radius 3 is 2.71 bits per heavy atom. The molecule has 0 atom stereocenters. The van der Waals surface area contributed by atoms with Gasteiger partial charge in [0.2, 0.25) is 5.90 Å². The van der Waals surface area contributed by atoms with Gasteiger partial charge in [-0.05, 0) is 30.7 Å². The van der Waals surface area contributed by atoms with E-state index in [0.29, 0.717) is 21.7 Å². The van der Waals surface area contributed by atoms with Crippen molar-refractivity contribution in [2.45, 2.75) is 6.92 Å². The number of nitro benzene ring substituents is 1. The van der Waals surface area contributed by atoms with E-state index in [2.05, 4.69) is 4.99 Å². The number of hydrogen-bond acceptors (Lipinski definition) is 5. The standard InChI is InChI=1S/C17H11ClN2O4/c1-10-6-7-11(9-15(10)20(22)23)8-14-17(21)24-16(19-14)12-4-2-3-5-13(12)18/h2-9H,1H3/b14-8-. The average Bonchev–Trinajstić information content (AvgIpc) is 2.90. The third-order valence-corrected chi connectivity index (χ3v) is 3.79. The Hall–Kier alpha value is -2.99. The molecule has 1 aliphatic rings. The summed E-state index contributed by atoms with van der Waals surface area (Å²) in [5, 5.41) is 11.4. The van der Waals surface area contributed by atoms with Crippen LogP contribution in [0, 0.1) is 17.0 Å². The molecule has 0 saturated carbocycles. The van der Waals surface area contributed by atoms with Crippen LogP contribution in [0.15, 0.2) is 53.2 Å². The van der Waals surface area contributed by atoms with E-state index < -0.39 is 10.9 Å². The minimum absolute atomic E-state index is 0.0222. The van der Waals surface area contributed by atoms with Crippen molar-refractivity contribution in [2.24, 2.45) is 4.99 Å². The van der Waals surface area contributed by atoms with Gasteiger partial charge >= 0.3 is 5.97 Å². The summed E-state index contributed by atoms with van der Waals surface area (Å²) >= 11 is 6.07. The van der Waals surface area contributed by atoms with Crippen LogP contribution in [0.3, 0.4) is 0 Å². The average molecular weight is 343 g/mol. The monoisotopic (exact) mass is 342 g/mol. The number of aryl methyl sites for hydroxylation is 1. The van der Waals surface area contributed by atoms with Crippen LogP contribution in [-0.4, -0.2) is 16.8 Å². The van der Waals surface area contributed by atoms with E-state index in [0.717, 1.165) is 0 Å². The van der Waals surface area contributed by atoms with Crippen LogP contribution in [0.5, 0.6) is 0 Å². The van der Waals surface area contributed by atoms with Crippen molar-refractivity contribution < 1.29 is 14.5 Å². The van der Waals surface area contributed by atoms with Crippen molar-refractivity contribution in [3.63, 3.8) is 0 Å². The van der Waals surface area contributed by atoms with Gasteiger partial charge in [0.25, 0.3) is 5.69 Å². The summed E-state index contributed by atoms with van der Waals surface area (Å²) in [6.45, 7) is 1.65. The number of benzene rings is 2. The minimum atomic E-state index is -0.631. The fourth-order valence-corrected chi connectivity index (χ4v) is 2.45. The van der Waals surface area contributed by atoms with Crippen molar-refractivity contribution >= 4 is 35.2 Å². The zero-order valence-electron chi connectivity index (χ0n) is 12.5. The number of nitrogens with zero attached hydrogens (tertiary/aromatic N) is 2. The number of carbonyl (C=O) groups is 1. The summed E-state index contributed by atoms with van der Waals surface area (Å²) in [7, 11) is 0. The molecule has 0 radical (unpaired) electrons. The molecule has 120 valence electrons. The Balaban J connectivity index is 1.99. The predicted molar refractivity (Wildman–Crippen MR) is 89.9 cm³/mol. The second kappa shape index (κ2) is 6.25. The van der Waals surface area contributed by atoms with E-state index in [1.54, 1.807) is 43.3 Å². The maximum atomic E-state index is 12.0. The summed E-state index contributed by atoms with van der Waals surface area (Å²) in [5.74, 6) is -0.522. The number of halogens is 1. The third kappa shape index (κ3) is 3.04. The van der Waals surface area contributed by atoms with Crippen molar-refractivity contribution in [3.8, 4) is 0 Å². The molecule has 1 aliphatic heterocycles. The van der Waals surface area contributed by atoms with Gasteiger partial charge < -0.3 is 4.74 Å². The van der Waals surface area contributed by atoms with Gasteiger partial charge in [0, 0.05) is 11.6 Å². The molecule has 0 unspecified atom stereocenters. The van der Waals surface area contributed by atoms with Crippen molar-refractivity contribution in [3.05, 3.63) is 80.0 Å². The van der Waals surface area contributed by atoms with Crippen LogP contribution < -0.4 is 0 Å². The van der Waals surface area contributed by atoms with Crippen LogP contribution in [0.4, 0.5) is 5.69 Å². The van der Waals surface area contributed by atoms with Gasteiger partial charge in [-0.2, -0.15) is 0 Å². The molecule has 0 N–H and O–H groups in total. The lowest BCUT2D eigenvalue weighted by Gasteiger charge is -2.00. The molecular formula is C17H11ClN2O4. The first kappa shape index (κ1) is 15.9. The lowest BCUT2D eigenvalue weighted by atomic mass is 10.1. The van der Waals surface area contributed by atoms with Crippen LogP contribution in [0.1, 0.15) is 16.7 Å². The topological polar surface area (TPSA) is 81.8 Å². The van der Waals surface area contributed by atoms with Crippen molar-refractivity contribution in [2.75, 3.05) is 0 Å². The van der Waals surface area contributed by atoms with E-state index >= 15 is 0 Å². The highest BCUT2D eigenvalue weighted by molar-refractivity contribution is 6.34. The molecule has 0 spiro atoms. The number of nitro groups is 1. The van der Waals surface area contributed by atoms with Crippen LogP contribution >= 0.6 is 11.6 Å². The second-order valence-electron chi connectivity index (χ2n) is 5.12. The number of ether oxygens (including phenoxy) is 1. The highest BCUT2D eigenvalue weighted by Gasteiger charge is 2.25. The van der Waals surface area contributed by atoms with E-state index in [9.17, 15) is 14.9 Å². The van der Waals surface area contributed by atoms with Gasteiger partial charge in [0.05, 0.1) is 15.5 Å². The fraction of sp³-hybridized carbons (Fsp3) is 0.0588. The first-order valence-corrected chi connectivity index (χ1v) is 7.36. The molecule has 0 bridgehead atoms. The second-order valence-corrected chi connectivity index (χ2v) is 5.53. The Bertz CT molecular complexity index is 919. The predicted octanol–water partition coefficient (Wildman–Crippen LogP) is 3.90. The van der Waals surface area contributed by atoms with Gasteiger partial charge in [-0.1, -0.05) is 35.9 Å². The fourth-order valence-electron chi connectivity index (χ4n) is 2.23. The SMILES string of the molecule is Cc1ccc(/C=C2\N=C(c3ccccc3Cl)OC2=O)cc1[N+](=O)[O-]. The summed E-state index contributed by atoms with van der Waals surface area (Å²) in [6.07, 6.45) is 1.44. The van der Waals surface area contributed by atoms with E-state index in [4.69, 9.17) is 16.3 Å². The van der Waals surface area contributed by atoms with Gasteiger partial charge in [0.15, 0.2) is 5.70 Å². The maximum absolute atomic E-state index is 12.0. The molecule has 1 heterocycles. The normalized spacial score (nSPS) is 15.3. The zero-order chi connectivity index (χ0) is 17.3. The number of carbonyl (C=O) groups excluding carboxylic acids is 1. The largest absolute Gasteiger partial charge is 0.402 e. The Kier molecular flexibility index (Phi) is 4.14. The zero-order valence-corrected chi connectivity index (χ0v) is 13.3. The quantitative estimate of drug-likeness (QED) is 0.366. The summed E-state index contributed by atoms with van der Waals surface area (Å²) in [4.78, 5) is 26.7.